The maximum absolute atomic E-state index is 6.06. The van der Waals surface area contributed by atoms with Gasteiger partial charge in [0.15, 0.2) is 6.61 Å². The lowest BCUT2D eigenvalue weighted by Crippen LogP contribution is -2.05. The van der Waals surface area contributed by atoms with Gasteiger partial charge in [-0.05, 0) is 30.0 Å². The Morgan fingerprint density at radius 3 is 3.05 bits per heavy atom. The van der Waals surface area contributed by atoms with Crippen molar-refractivity contribution in [2.24, 2.45) is 5.73 Å². The second-order valence-corrected chi connectivity index (χ2v) is 5.46. The highest BCUT2D eigenvalue weighted by Crippen LogP contribution is 2.35. The first-order valence-electron chi connectivity index (χ1n) is 6.98. The van der Waals surface area contributed by atoms with Crippen molar-refractivity contribution in [2.45, 2.75) is 45.3 Å². The monoisotopic (exact) mass is 273 g/mol. The molecule has 0 bridgehead atoms. The molecule has 20 heavy (non-hydrogen) atoms. The summed E-state index contributed by atoms with van der Waals surface area (Å²) in [5.74, 6) is 2.33. The number of benzene rings is 1. The predicted octanol–water partition coefficient (Wildman–Crippen LogP) is 2.72. The summed E-state index contributed by atoms with van der Waals surface area (Å²) >= 11 is 0. The van der Waals surface area contributed by atoms with E-state index in [2.05, 4.69) is 16.2 Å². The van der Waals surface area contributed by atoms with Crippen molar-refractivity contribution in [3.05, 3.63) is 41.0 Å². The highest BCUT2D eigenvalue weighted by Gasteiger charge is 2.22. The predicted molar refractivity (Wildman–Crippen MR) is 74.4 cm³/mol. The van der Waals surface area contributed by atoms with E-state index in [0.717, 1.165) is 18.6 Å². The van der Waals surface area contributed by atoms with Crippen LogP contribution < -0.4 is 10.5 Å². The fourth-order valence-electron chi connectivity index (χ4n) is 2.49. The summed E-state index contributed by atoms with van der Waals surface area (Å²) in [6.45, 7) is 4.36. The minimum Gasteiger partial charge on any atom is -0.485 e. The Morgan fingerprint density at radius 1 is 1.45 bits per heavy atom. The van der Waals surface area contributed by atoms with Crippen molar-refractivity contribution in [3.8, 4) is 5.75 Å². The number of aromatic nitrogens is 2. The molecule has 1 unspecified atom stereocenters. The molecular formula is C15H19N3O2. The van der Waals surface area contributed by atoms with Gasteiger partial charge < -0.3 is 15.0 Å². The lowest BCUT2D eigenvalue weighted by molar-refractivity contribution is 0.282. The van der Waals surface area contributed by atoms with Gasteiger partial charge in [0.1, 0.15) is 5.75 Å². The normalized spacial score (nSPS) is 17.5. The Bertz CT molecular complexity index is 607. The van der Waals surface area contributed by atoms with Gasteiger partial charge in [-0.15, -0.1) is 0 Å². The van der Waals surface area contributed by atoms with Gasteiger partial charge in [-0.2, -0.15) is 4.98 Å². The summed E-state index contributed by atoms with van der Waals surface area (Å²) in [7, 11) is 0. The van der Waals surface area contributed by atoms with E-state index in [1.807, 2.05) is 26.0 Å². The first-order chi connectivity index (χ1) is 9.65. The van der Waals surface area contributed by atoms with E-state index in [1.54, 1.807) is 0 Å². The largest absolute Gasteiger partial charge is 0.485 e. The summed E-state index contributed by atoms with van der Waals surface area (Å²) in [4.78, 5) is 4.31. The average molecular weight is 273 g/mol. The van der Waals surface area contributed by atoms with E-state index in [9.17, 15) is 0 Å². The van der Waals surface area contributed by atoms with Crippen LogP contribution >= 0.6 is 0 Å². The highest BCUT2D eigenvalue weighted by molar-refractivity contribution is 5.44. The zero-order valence-electron chi connectivity index (χ0n) is 11.8. The second-order valence-electron chi connectivity index (χ2n) is 5.46. The molecule has 0 saturated carbocycles. The maximum Gasteiger partial charge on any atom is 0.229 e. The molecule has 1 aliphatic rings. The standard InChI is InChI=1S/C15H19N3O2/c1-9(2)15-17-14(18-20-15)8-19-13-5-3-4-10-11(13)6-7-12(10)16/h3-5,9,12H,6-8,16H2,1-2H3. The van der Waals surface area contributed by atoms with Crippen LogP contribution in [-0.2, 0) is 13.0 Å². The Hall–Kier alpha value is -1.88. The third kappa shape index (κ3) is 2.41. The summed E-state index contributed by atoms with van der Waals surface area (Å²) in [6.07, 6.45) is 1.95. The molecule has 106 valence electrons. The van der Waals surface area contributed by atoms with Crippen LogP contribution in [0.1, 0.15) is 55.1 Å². The van der Waals surface area contributed by atoms with Crippen molar-refractivity contribution < 1.29 is 9.26 Å². The fourth-order valence-corrected chi connectivity index (χ4v) is 2.49. The lowest BCUT2D eigenvalue weighted by Gasteiger charge is -2.10. The number of nitrogens with two attached hydrogens (primary N) is 1. The summed E-state index contributed by atoms with van der Waals surface area (Å²) in [5.41, 5.74) is 8.47. The van der Waals surface area contributed by atoms with Gasteiger partial charge >= 0.3 is 0 Å². The van der Waals surface area contributed by atoms with Gasteiger partial charge in [0, 0.05) is 12.0 Å². The smallest absolute Gasteiger partial charge is 0.229 e. The molecular weight excluding hydrogens is 254 g/mol. The molecule has 2 aromatic rings. The lowest BCUT2D eigenvalue weighted by atomic mass is 10.1. The zero-order chi connectivity index (χ0) is 14.1. The molecule has 2 N–H and O–H groups in total. The molecule has 1 atom stereocenters. The van der Waals surface area contributed by atoms with Gasteiger partial charge in [-0.1, -0.05) is 31.1 Å². The van der Waals surface area contributed by atoms with Crippen LogP contribution in [0, 0.1) is 0 Å². The molecule has 0 fully saturated rings. The third-order valence-electron chi connectivity index (χ3n) is 3.61. The van der Waals surface area contributed by atoms with Crippen LogP contribution in [0.15, 0.2) is 22.7 Å². The number of rotatable bonds is 4. The molecule has 5 nitrogen and oxygen atoms in total. The Balaban J connectivity index is 1.73. The first kappa shape index (κ1) is 13.1. The van der Waals surface area contributed by atoms with Crippen molar-refractivity contribution in [2.75, 3.05) is 0 Å². The van der Waals surface area contributed by atoms with E-state index < -0.39 is 0 Å². The van der Waals surface area contributed by atoms with E-state index in [1.165, 1.54) is 11.1 Å². The molecule has 0 radical (unpaired) electrons. The van der Waals surface area contributed by atoms with E-state index in [0.29, 0.717) is 18.3 Å². The van der Waals surface area contributed by atoms with Crippen LogP contribution in [-0.4, -0.2) is 10.1 Å². The molecule has 3 rings (SSSR count). The maximum atomic E-state index is 6.06. The fraction of sp³-hybridized carbons (Fsp3) is 0.467. The van der Waals surface area contributed by atoms with Crippen molar-refractivity contribution in [3.63, 3.8) is 0 Å². The van der Waals surface area contributed by atoms with Crippen molar-refractivity contribution in [1.29, 1.82) is 0 Å². The minimum absolute atomic E-state index is 0.131. The molecule has 0 spiro atoms. The summed E-state index contributed by atoms with van der Waals surface area (Å²) in [6, 6.07) is 6.16. The van der Waals surface area contributed by atoms with Crippen LogP contribution in [0.25, 0.3) is 0 Å². The van der Waals surface area contributed by atoms with E-state index in [-0.39, 0.29) is 12.0 Å². The van der Waals surface area contributed by atoms with Crippen LogP contribution in [0.4, 0.5) is 0 Å². The number of nitrogens with zero attached hydrogens (tertiary/aromatic N) is 2. The van der Waals surface area contributed by atoms with Crippen molar-refractivity contribution >= 4 is 0 Å². The molecule has 1 aromatic heterocycles. The number of hydrogen-bond acceptors (Lipinski definition) is 5. The van der Waals surface area contributed by atoms with Gasteiger partial charge in [-0.3, -0.25) is 0 Å². The highest BCUT2D eigenvalue weighted by atomic mass is 16.5. The number of fused-ring (bicyclic) bond motifs is 1. The Labute approximate surface area is 118 Å². The van der Waals surface area contributed by atoms with Gasteiger partial charge in [0.2, 0.25) is 11.7 Å². The van der Waals surface area contributed by atoms with Gasteiger partial charge in [0.25, 0.3) is 0 Å². The SMILES string of the molecule is CC(C)c1nc(COc2cccc3c2CCC3N)no1. The second kappa shape index (κ2) is 5.25. The molecule has 5 heteroatoms. The summed E-state index contributed by atoms with van der Waals surface area (Å²) < 4.78 is 11.0. The van der Waals surface area contributed by atoms with Crippen LogP contribution in [0.3, 0.4) is 0 Å². The average Bonchev–Trinajstić information content (AvgIpc) is 3.04. The number of hydrogen-bond donors (Lipinski definition) is 1. The topological polar surface area (TPSA) is 74.2 Å². The van der Waals surface area contributed by atoms with E-state index >= 15 is 0 Å². The Morgan fingerprint density at radius 2 is 2.30 bits per heavy atom. The molecule has 0 amide bonds. The quantitative estimate of drug-likeness (QED) is 0.927. The molecule has 1 aromatic carbocycles. The van der Waals surface area contributed by atoms with Crippen molar-refractivity contribution in [1.82, 2.24) is 10.1 Å². The molecule has 1 aliphatic carbocycles. The molecule has 1 heterocycles. The van der Waals surface area contributed by atoms with Gasteiger partial charge in [-0.25, -0.2) is 0 Å². The molecule has 0 aliphatic heterocycles. The Kier molecular flexibility index (Phi) is 3.44. The third-order valence-corrected chi connectivity index (χ3v) is 3.61. The first-order valence-corrected chi connectivity index (χ1v) is 6.98. The van der Waals surface area contributed by atoms with Gasteiger partial charge in [0.05, 0.1) is 0 Å². The van der Waals surface area contributed by atoms with E-state index in [4.69, 9.17) is 15.0 Å². The van der Waals surface area contributed by atoms with Crippen LogP contribution in [0.5, 0.6) is 5.75 Å². The molecule has 0 saturated heterocycles. The van der Waals surface area contributed by atoms with Crippen LogP contribution in [0.2, 0.25) is 0 Å². The zero-order valence-corrected chi connectivity index (χ0v) is 11.8. The minimum atomic E-state index is 0.131. The number of ether oxygens (including phenoxy) is 1. The summed E-state index contributed by atoms with van der Waals surface area (Å²) in [5, 5.41) is 3.93.